The number of aliphatic hydroxyl groups is 1. The SMILES string of the molecule is OC(F)c1c(F)c(S)c(F)c(F)c1OF. The summed E-state index contributed by atoms with van der Waals surface area (Å²) in [6.45, 7) is 0. The fourth-order valence-electron chi connectivity index (χ4n) is 0.934. The second kappa shape index (κ2) is 4.23. The maximum Gasteiger partial charge on any atom is 0.229 e. The van der Waals surface area contributed by atoms with E-state index in [2.05, 4.69) is 17.6 Å². The summed E-state index contributed by atoms with van der Waals surface area (Å²) in [5.41, 5.74) is -1.48. The third-order valence-electron chi connectivity index (χ3n) is 1.60. The molecule has 8 heteroatoms. The molecule has 0 radical (unpaired) electrons. The van der Waals surface area contributed by atoms with Gasteiger partial charge in [0.25, 0.3) is 0 Å². The summed E-state index contributed by atoms with van der Waals surface area (Å²) in [5, 5.41) is 8.38. The minimum atomic E-state index is -3.06. The molecule has 0 saturated carbocycles. The Balaban J connectivity index is 3.62. The van der Waals surface area contributed by atoms with Gasteiger partial charge in [-0.1, -0.05) is 0 Å². The van der Waals surface area contributed by atoms with Crippen molar-refractivity contribution < 1.29 is 32.1 Å². The highest BCUT2D eigenvalue weighted by Gasteiger charge is 2.29. The van der Waals surface area contributed by atoms with Gasteiger partial charge in [0.2, 0.25) is 17.9 Å². The molecule has 84 valence electrons. The summed E-state index contributed by atoms with van der Waals surface area (Å²) in [7, 11) is 0. The molecule has 0 spiro atoms. The summed E-state index contributed by atoms with van der Waals surface area (Å²) >= 11 is 3.19. The zero-order chi connectivity index (χ0) is 11.7. The van der Waals surface area contributed by atoms with E-state index in [9.17, 15) is 22.1 Å². The Bertz CT molecular complexity index is 396. The van der Waals surface area contributed by atoms with Crippen molar-refractivity contribution in [1.82, 2.24) is 0 Å². The zero-order valence-corrected chi connectivity index (χ0v) is 7.66. The first-order chi connectivity index (χ1) is 6.91. The number of alkyl halides is 1. The first kappa shape index (κ1) is 12.1. The van der Waals surface area contributed by atoms with Crippen LogP contribution in [0.1, 0.15) is 11.9 Å². The quantitative estimate of drug-likeness (QED) is 0.477. The van der Waals surface area contributed by atoms with Gasteiger partial charge in [0.1, 0.15) is 0 Å². The number of halogens is 5. The molecule has 1 aromatic carbocycles. The molecule has 0 aromatic heterocycles. The van der Waals surface area contributed by atoms with E-state index in [0.717, 1.165) is 0 Å². The molecule has 0 aliphatic heterocycles. The van der Waals surface area contributed by atoms with Crippen molar-refractivity contribution in [3.63, 3.8) is 0 Å². The summed E-state index contributed by atoms with van der Waals surface area (Å²) < 4.78 is 62.7. The molecule has 1 atom stereocenters. The highest BCUT2D eigenvalue weighted by atomic mass is 32.1. The van der Waals surface area contributed by atoms with Crippen LogP contribution in [0, 0.1) is 17.5 Å². The van der Waals surface area contributed by atoms with E-state index in [4.69, 9.17) is 5.11 Å². The average Bonchev–Trinajstić information content (AvgIpc) is 2.19. The minimum Gasteiger partial charge on any atom is -0.360 e. The monoisotopic (exact) mass is 246 g/mol. The number of aliphatic hydroxyl groups excluding tert-OH is 1. The Morgan fingerprint density at radius 3 is 2.07 bits per heavy atom. The van der Waals surface area contributed by atoms with Crippen LogP contribution in [0.2, 0.25) is 0 Å². The van der Waals surface area contributed by atoms with Gasteiger partial charge >= 0.3 is 0 Å². The van der Waals surface area contributed by atoms with E-state index in [1.54, 1.807) is 0 Å². The topological polar surface area (TPSA) is 29.5 Å². The highest BCUT2D eigenvalue weighted by Crippen LogP contribution is 2.37. The number of benzene rings is 1. The Labute approximate surface area is 85.6 Å². The van der Waals surface area contributed by atoms with Gasteiger partial charge in [-0.15, -0.1) is 12.6 Å². The Kier molecular flexibility index (Phi) is 3.40. The minimum absolute atomic E-state index is 1.18. The molecule has 0 aliphatic rings. The van der Waals surface area contributed by atoms with Crippen LogP contribution < -0.4 is 4.94 Å². The lowest BCUT2D eigenvalue weighted by Crippen LogP contribution is -2.05. The lowest BCUT2D eigenvalue weighted by Gasteiger charge is -2.10. The van der Waals surface area contributed by atoms with Crippen LogP contribution in [0.25, 0.3) is 0 Å². The van der Waals surface area contributed by atoms with Gasteiger partial charge < -0.3 is 5.11 Å². The normalized spacial score (nSPS) is 12.7. The fourth-order valence-corrected chi connectivity index (χ4v) is 1.15. The lowest BCUT2D eigenvalue weighted by molar-refractivity contribution is -0.0256. The van der Waals surface area contributed by atoms with Gasteiger partial charge in [0.05, 0.1) is 10.5 Å². The third-order valence-corrected chi connectivity index (χ3v) is 2.00. The fraction of sp³-hybridized carbons (Fsp3) is 0.143. The molecule has 15 heavy (non-hydrogen) atoms. The Hall–Kier alpha value is -1.02. The van der Waals surface area contributed by atoms with Crippen LogP contribution in [0.4, 0.5) is 22.1 Å². The predicted octanol–water partition coefficient (Wildman–Crippen LogP) is 2.62. The third kappa shape index (κ3) is 1.86. The van der Waals surface area contributed by atoms with Crippen molar-refractivity contribution in [3.8, 4) is 5.75 Å². The summed E-state index contributed by atoms with van der Waals surface area (Å²) in [6.07, 6.45) is -3.06. The highest BCUT2D eigenvalue weighted by molar-refractivity contribution is 7.80. The molecule has 2 nitrogen and oxygen atoms in total. The van der Waals surface area contributed by atoms with Crippen LogP contribution in [-0.2, 0) is 0 Å². The maximum atomic E-state index is 13.0. The van der Waals surface area contributed by atoms with Crippen molar-refractivity contribution in [1.29, 1.82) is 0 Å². The number of rotatable bonds is 2. The van der Waals surface area contributed by atoms with Crippen molar-refractivity contribution >= 4 is 12.6 Å². The van der Waals surface area contributed by atoms with Crippen LogP contribution in [0.3, 0.4) is 0 Å². The Morgan fingerprint density at radius 2 is 1.67 bits per heavy atom. The van der Waals surface area contributed by atoms with E-state index in [0.29, 0.717) is 0 Å². The standard InChI is InChI=1S/C7H3F5O2S/c8-2-1(7(11)13)5(14-12)3(9)4(10)6(2)15/h7,13,15H. The van der Waals surface area contributed by atoms with Gasteiger partial charge in [-0.25, -0.2) is 13.2 Å². The second-order valence-corrected chi connectivity index (χ2v) is 2.89. The molecule has 1 N–H and O–H groups in total. The van der Waals surface area contributed by atoms with Crippen molar-refractivity contribution in [2.24, 2.45) is 0 Å². The molecular formula is C7H3F5O2S. The van der Waals surface area contributed by atoms with Gasteiger partial charge in [-0.3, -0.25) is 4.94 Å². The zero-order valence-electron chi connectivity index (χ0n) is 6.77. The van der Waals surface area contributed by atoms with Gasteiger partial charge in [0, 0.05) is 4.53 Å². The summed E-state index contributed by atoms with van der Waals surface area (Å²) in [4.78, 5) is 1.58. The summed E-state index contributed by atoms with van der Waals surface area (Å²) in [5.74, 6) is -7.24. The Morgan fingerprint density at radius 1 is 1.13 bits per heavy atom. The van der Waals surface area contributed by atoms with Crippen molar-refractivity contribution in [3.05, 3.63) is 23.0 Å². The van der Waals surface area contributed by atoms with Crippen molar-refractivity contribution in [2.45, 2.75) is 11.3 Å². The van der Waals surface area contributed by atoms with E-state index in [1.165, 1.54) is 0 Å². The van der Waals surface area contributed by atoms with E-state index < -0.39 is 40.0 Å². The van der Waals surface area contributed by atoms with E-state index in [-0.39, 0.29) is 0 Å². The molecule has 1 rings (SSSR count). The van der Waals surface area contributed by atoms with Crippen LogP contribution in [0.15, 0.2) is 4.90 Å². The first-order valence-corrected chi connectivity index (χ1v) is 3.86. The molecule has 1 unspecified atom stereocenters. The molecule has 0 amide bonds. The number of thiol groups is 1. The van der Waals surface area contributed by atoms with Gasteiger partial charge in [0.15, 0.2) is 11.6 Å². The molecule has 0 aliphatic carbocycles. The summed E-state index contributed by atoms with van der Waals surface area (Å²) in [6, 6.07) is 0. The number of hydrogen-bond acceptors (Lipinski definition) is 3. The molecule has 0 saturated heterocycles. The van der Waals surface area contributed by atoms with Crippen molar-refractivity contribution in [2.75, 3.05) is 0 Å². The second-order valence-electron chi connectivity index (χ2n) is 2.45. The first-order valence-electron chi connectivity index (χ1n) is 3.41. The number of hydrogen-bond donors (Lipinski definition) is 2. The van der Waals surface area contributed by atoms with E-state index >= 15 is 0 Å². The van der Waals surface area contributed by atoms with E-state index in [1.807, 2.05) is 0 Å². The molecule has 1 aromatic rings. The van der Waals surface area contributed by atoms with Crippen LogP contribution >= 0.6 is 12.6 Å². The molecule has 0 fully saturated rings. The average molecular weight is 246 g/mol. The van der Waals surface area contributed by atoms with Crippen LogP contribution in [-0.4, -0.2) is 5.11 Å². The molecule has 0 heterocycles. The molecule has 0 bridgehead atoms. The lowest BCUT2D eigenvalue weighted by atomic mass is 10.1. The maximum absolute atomic E-state index is 13.0. The smallest absolute Gasteiger partial charge is 0.229 e. The van der Waals surface area contributed by atoms with Crippen LogP contribution in [0.5, 0.6) is 5.75 Å². The predicted molar refractivity (Wildman–Crippen MR) is 41.4 cm³/mol. The van der Waals surface area contributed by atoms with Gasteiger partial charge in [-0.2, -0.15) is 4.39 Å². The van der Waals surface area contributed by atoms with Gasteiger partial charge in [-0.05, 0) is 0 Å². The largest absolute Gasteiger partial charge is 0.360 e. The molecular weight excluding hydrogens is 243 g/mol.